The van der Waals surface area contributed by atoms with Crippen LogP contribution < -0.4 is 10.1 Å². The van der Waals surface area contributed by atoms with Crippen molar-refractivity contribution in [3.63, 3.8) is 0 Å². The molecule has 15 heavy (non-hydrogen) atoms. The molecule has 0 aromatic carbocycles. The number of nitrogens with zero attached hydrogens (tertiary/aromatic N) is 1. The number of rotatable bonds is 5. The van der Waals surface area contributed by atoms with Gasteiger partial charge in [-0.25, -0.2) is 4.98 Å². The van der Waals surface area contributed by atoms with Crippen LogP contribution in [-0.4, -0.2) is 24.2 Å². The minimum Gasteiger partial charge on any atom is -0.476 e. The second kappa shape index (κ2) is 7.74. The van der Waals surface area contributed by atoms with Gasteiger partial charge in [0, 0.05) is 18.3 Å². The third-order valence-electron chi connectivity index (χ3n) is 1.73. The Balaban J connectivity index is 0.00000196. The first-order valence-electron chi connectivity index (χ1n) is 4.70. The quantitative estimate of drug-likeness (QED) is 0.873. The Morgan fingerprint density at radius 3 is 2.80 bits per heavy atom. The third-order valence-corrected chi connectivity index (χ3v) is 1.96. The highest BCUT2D eigenvalue weighted by Crippen LogP contribution is 2.11. The van der Waals surface area contributed by atoms with Gasteiger partial charge in [-0.1, -0.05) is 18.5 Å². The molecule has 0 spiro atoms. The zero-order chi connectivity index (χ0) is 10.4. The van der Waals surface area contributed by atoms with Gasteiger partial charge in [0.1, 0.15) is 6.61 Å². The van der Waals surface area contributed by atoms with Gasteiger partial charge in [-0.15, -0.1) is 12.4 Å². The number of ether oxygens (including phenoxy) is 1. The normalized spacial score (nSPS) is 11.7. The molecule has 0 aliphatic heterocycles. The number of aromatic nitrogens is 1. The van der Waals surface area contributed by atoms with Crippen molar-refractivity contribution in [3.05, 3.63) is 23.4 Å². The zero-order valence-corrected chi connectivity index (χ0v) is 10.4. The Kier molecular flexibility index (Phi) is 7.48. The van der Waals surface area contributed by atoms with Crippen molar-refractivity contribution in [1.29, 1.82) is 0 Å². The Bertz CT molecular complexity index is 267. The van der Waals surface area contributed by atoms with Crippen LogP contribution >= 0.6 is 24.0 Å². The minimum absolute atomic E-state index is 0. The van der Waals surface area contributed by atoms with Gasteiger partial charge in [0.15, 0.2) is 0 Å². The molecule has 5 heteroatoms. The van der Waals surface area contributed by atoms with Gasteiger partial charge in [0.2, 0.25) is 5.88 Å². The molecule has 0 saturated carbocycles. The molecule has 1 aromatic rings. The lowest BCUT2D eigenvalue weighted by Crippen LogP contribution is -2.31. The molecule has 0 amide bonds. The number of likely N-dealkylation sites (N-methyl/N-ethyl adjacent to an activating group) is 1. The van der Waals surface area contributed by atoms with E-state index in [9.17, 15) is 0 Å². The van der Waals surface area contributed by atoms with E-state index in [4.69, 9.17) is 16.3 Å². The average molecular weight is 251 g/mol. The third kappa shape index (κ3) is 5.82. The van der Waals surface area contributed by atoms with Crippen LogP contribution in [0.2, 0.25) is 5.02 Å². The van der Waals surface area contributed by atoms with E-state index in [1.165, 1.54) is 0 Å². The Morgan fingerprint density at radius 1 is 1.53 bits per heavy atom. The molecule has 1 aromatic heterocycles. The maximum atomic E-state index is 5.69. The van der Waals surface area contributed by atoms with Crippen molar-refractivity contribution < 1.29 is 4.74 Å². The van der Waals surface area contributed by atoms with Crippen LogP contribution in [0.5, 0.6) is 5.88 Å². The van der Waals surface area contributed by atoms with Crippen LogP contribution in [0.15, 0.2) is 18.3 Å². The number of nitrogens with one attached hydrogen (secondary N) is 1. The monoisotopic (exact) mass is 250 g/mol. The van der Waals surface area contributed by atoms with Crippen molar-refractivity contribution >= 4 is 24.0 Å². The van der Waals surface area contributed by atoms with Gasteiger partial charge in [0.25, 0.3) is 0 Å². The van der Waals surface area contributed by atoms with Gasteiger partial charge in [-0.2, -0.15) is 0 Å². The average Bonchev–Trinajstić information content (AvgIpc) is 2.17. The van der Waals surface area contributed by atoms with Crippen LogP contribution in [0, 0.1) is 0 Å². The molecule has 1 heterocycles. The van der Waals surface area contributed by atoms with Crippen LogP contribution in [0.1, 0.15) is 13.8 Å². The lowest BCUT2D eigenvalue weighted by atomic mass is 10.3. The molecule has 3 nitrogen and oxygen atoms in total. The zero-order valence-electron chi connectivity index (χ0n) is 8.87. The summed E-state index contributed by atoms with van der Waals surface area (Å²) in [6, 6.07) is 3.86. The Morgan fingerprint density at radius 2 is 2.27 bits per heavy atom. The minimum atomic E-state index is 0. The molecular formula is C10H16Cl2N2O. The summed E-state index contributed by atoms with van der Waals surface area (Å²) >= 11 is 5.69. The fraction of sp³-hybridized carbons (Fsp3) is 0.500. The summed E-state index contributed by atoms with van der Waals surface area (Å²) in [6.07, 6.45) is 1.58. The fourth-order valence-corrected chi connectivity index (χ4v) is 1.18. The molecule has 0 aliphatic carbocycles. The summed E-state index contributed by atoms with van der Waals surface area (Å²) in [7, 11) is 0. The molecule has 0 saturated heterocycles. The largest absolute Gasteiger partial charge is 0.476 e. The summed E-state index contributed by atoms with van der Waals surface area (Å²) in [6.45, 7) is 5.69. The molecule has 1 N–H and O–H groups in total. The van der Waals surface area contributed by atoms with Gasteiger partial charge < -0.3 is 10.1 Å². The molecule has 0 fully saturated rings. The fourth-order valence-electron chi connectivity index (χ4n) is 1.07. The predicted octanol–water partition coefficient (Wildman–Crippen LogP) is 2.53. The van der Waals surface area contributed by atoms with Gasteiger partial charge in [0.05, 0.1) is 5.02 Å². The van der Waals surface area contributed by atoms with Crippen molar-refractivity contribution in [1.82, 2.24) is 10.3 Å². The Labute approximate surface area is 102 Å². The van der Waals surface area contributed by atoms with E-state index >= 15 is 0 Å². The van der Waals surface area contributed by atoms with Crippen molar-refractivity contribution in [2.24, 2.45) is 0 Å². The van der Waals surface area contributed by atoms with Crippen LogP contribution in [0.25, 0.3) is 0 Å². The first-order valence-corrected chi connectivity index (χ1v) is 5.08. The van der Waals surface area contributed by atoms with E-state index in [1.54, 1.807) is 18.3 Å². The molecule has 86 valence electrons. The summed E-state index contributed by atoms with van der Waals surface area (Å²) in [5.41, 5.74) is 0. The highest BCUT2D eigenvalue weighted by molar-refractivity contribution is 6.30. The Hall–Kier alpha value is -0.510. The van der Waals surface area contributed by atoms with E-state index in [-0.39, 0.29) is 12.4 Å². The maximum Gasteiger partial charge on any atom is 0.213 e. The topological polar surface area (TPSA) is 34.1 Å². The van der Waals surface area contributed by atoms with E-state index in [2.05, 4.69) is 24.1 Å². The number of hydrogen-bond donors (Lipinski definition) is 1. The molecule has 1 unspecified atom stereocenters. The number of pyridine rings is 1. The second-order valence-corrected chi connectivity index (χ2v) is 3.52. The van der Waals surface area contributed by atoms with Crippen molar-refractivity contribution in [2.75, 3.05) is 13.2 Å². The van der Waals surface area contributed by atoms with Crippen LogP contribution in [0.4, 0.5) is 0 Å². The molecule has 0 aliphatic rings. The molecule has 1 rings (SSSR count). The first-order chi connectivity index (χ1) is 6.72. The predicted molar refractivity (Wildman–Crippen MR) is 65.1 cm³/mol. The van der Waals surface area contributed by atoms with Gasteiger partial charge >= 0.3 is 0 Å². The second-order valence-electron chi connectivity index (χ2n) is 3.08. The lowest BCUT2D eigenvalue weighted by molar-refractivity contribution is 0.266. The SMILES string of the molecule is CCNC(C)COc1ccc(Cl)cn1.Cl. The van der Waals surface area contributed by atoms with Crippen LogP contribution in [0.3, 0.4) is 0 Å². The number of hydrogen-bond acceptors (Lipinski definition) is 3. The highest BCUT2D eigenvalue weighted by atomic mass is 35.5. The number of halogens is 2. The molecule has 0 radical (unpaired) electrons. The molecule has 1 atom stereocenters. The summed E-state index contributed by atoms with van der Waals surface area (Å²) in [4.78, 5) is 4.03. The standard InChI is InChI=1S/C10H15ClN2O.ClH/c1-3-12-8(2)7-14-10-5-4-9(11)6-13-10;/h4-6,8,12H,3,7H2,1-2H3;1H. The van der Waals surface area contributed by atoms with Crippen molar-refractivity contribution in [3.8, 4) is 5.88 Å². The van der Waals surface area contributed by atoms with E-state index in [0.29, 0.717) is 23.6 Å². The smallest absolute Gasteiger partial charge is 0.213 e. The first kappa shape index (κ1) is 14.5. The van der Waals surface area contributed by atoms with Gasteiger partial charge in [-0.05, 0) is 19.5 Å². The van der Waals surface area contributed by atoms with Gasteiger partial charge in [-0.3, -0.25) is 0 Å². The maximum absolute atomic E-state index is 5.69. The van der Waals surface area contributed by atoms with E-state index < -0.39 is 0 Å². The highest BCUT2D eigenvalue weighted by Gasteiger charge is 2.01. The summed E-state index contributed by atoms with van der Waals surface area (Å²) in [5.74, 6) is 0.610. The van der Waals surface area contributed by atoms with E-state index in [1.807, 2.05) is 0 Å². The lowest BCUT2D eigenvalue weighted by Gasteiger charge is -2.12. The van der Waals surface area contributed by atoms with Crippen molar-refractivity contribution in [2.45, 2.75) is 19.9 Å². The summed E-state index contributed by atoms with van der Waals surface area (Å²) < 4.78 is 5.44. The molecular weight excluding hydrogens is 235 g/mol. The van der Waals surface area contributed by atoms with E-state index in [0.717, 1.165) is 6.54 Å². The van der Waals surface area contributed by atoms with Crippen LogP contribution in [-0.2, 0) is 0 Å². The molecule has 0 bridgehead atoms. The summed E-state index contributed by atoms with van der Waals surface area (Å²) in [5, 5.41) is 3.87.